The standard InChI is InChI=1S/C16H24O9S/c1-6-13(17)24-11(4)16(8-3,12(5)25-14(18)7-2)15(19)23-9-10-26(20,21)22/h6-7,11-12H,1-2,8-10H2,3-5H3,(H,20,21,22). The first-order valence-electron chi connectivity index (χ1n) is 7.73. The second-order valence-corrected chi connectivity index (χ2v) is 6.95. The molecule has 0 spiro atoms. The highest BCUT2D eigenvalue weighted by atomic mass is 32.2. The average molecular weight is 392 g/mol. The van der Waals surface area contributed by atoms with E-state index in [4.69, 9.17) is 18.8 Å². The van der Waals surface area contributed by atoms with Crippen molar-refractivity contribution in [3.05, 3.63) is 25.3 Å². The normalized spacial score (nSPS) is 15.7. The zero-order valence-corrected chi connectivity index (χ0v) is 15.8. The lowest BCUT2D eigenvalue weighted by Crippen LogP contribution is -2.52. The van der Waals surface area contributed by atoms with Crippen molar-refractivity contribution in [2.45, 2.75) is 39.4 Å². The predicted molar refractivity (Wildman–Crippen MR) is 91.6 cm³/mol. The van der Waals surface area contributed by atoms with Gasteiger partial charge in [-0.25, -0.2) is 9.59 Å². The van der Waals surface area contributed by atoms with Gasteiger partial charge < -0.3 is 14.2 Å². The number of carbonyl (C=O) groups excluding carboxylic acids is 3. The van der Waals surface area contributed by atoms with Crippen molar-refractivity contribution >= 4 is 28.0 Å². The number of carbonyl (C=O) groups is 3. The zero-order valence-electron chi connectivity index (χ0n) is 15.0. The maximum atomic E-state index is 12.7. The van der Waals surface area contributed by atoms with Crippen LogP contribution in [0, 0.1) is 5.41 Å². The van der Waals surface area contributed by atoms with E-state index in [0.29, 0.717) is 0 Å². The highest BCUT2D eigenvalue weighted by molar-refractivity contribution is 7.85. The lowest BCUT2D eigenvalue weighted by atomic mass is 9.75. The van der Waals surface area contributed by atoms with Crippen molar-refractivity contribution in [3.8, 4) is 0 Å². The maximum absolute atomic E-state index is 12.7. The Labute approximate surface area is 152 Å². The van der Waals surface area contributed by atoms with Gasteiger partial charge in [-0.05, 0) is 20.3 Å². The molecule has 0 amide bonds. The molecule has 1 N–H and O–H groups in total. The lowest BCUT2D eigenvalue weighted by Gasteiger charge is -2.39. The van der Waals surface area contributed by atoms with E-state index in [-0.39, 0.29) is 6.42 Å². The topological polar surface area (TPSA) is 133 Å². The van der Waals surface area contributed by atoms with E-state index in [1.807, 2.05) is 0 Å². The summed E-state index contributed by atoms with van der Waals surface area (Å²) in [4.78, 5) is 35.7. The highest BCUT2D eigenvalue weighted by Crippen LogP contribution is 2.36. The van der Waals surface area contributed by atoms with Crippen molar-refractivity contribution in [1.29, 1.82) is 0 Å². The molecular formula is C16H24O9S. The summed E-state index contributed by atoms with van der Waals surface area (Å²) in [5.41, 5.74) is -1.61. The Hall–Kier alpha value is -2.20. The highest BCUT2D eigenvalue weighted by Gasteiger charge is 2.52. The molecule has 26 heavy (non-hydrogen) atoms. The first kappa shape index (κ1) is 23.8. The molecule has 0 saturated carbocycles. The third kappa shape index (κ3) is 6.60. The summed E-state index contributed by atoms with van der Waals surface area (Å²) in [5.74, 6) is -3.36. The summed E-state index contributed by atoms with van der Waals surface area (Å²) in [6, 6.07) is 0. The molecule has 2 unspecified atom stereocenters. The first-order chi connectivity index (χ1) is 11.9. The lowest BCUT2D eigenvalue weighted by molar-refractivity contribution is -0.186. The predicted octanol–water partition coefficient (Wildman–Crippen LogP) is 1.05. The average Bonchev–Trinajstić information content (AvgIpc) is 2.54. The number of esters is 3. The SMILES string of the molecule is C=CC(=O)OC(C)C(CC)(C(=O)OCCS(=O)(=O)O)C(C)OC(=O)C=C. The minimum Gasteiger partial charge on any atom is -0.464 e. The Morgan fingerprint density at radius 1 is 1.08 bits per heavy atom. The summed E-state index contributed by atoms with van der Waals surface area (Å²) in [6.07, 6.45) is -0.343. The van der Waals surface area contributed by atoms with E-state index >= 15 is 0 Å². The number of rotatable bonds is 11. The monoisotopic (exact) mass is 392 g/mol. The van der Waals surface area contributed by atoms with Crippen LogP contribution in [0.5, 0.6) is 0 Å². The van der Waals surface area contributed by atoms with Gasteiger partial charge in [0, 0.05) is 12.2 Å². The van der Waals surface area contributed by atoms with E-state index in [2.05, 4.69) is 13.2 Å². The van der Waals surface area contributed by atoms with Gasteiger partial charge >= 0.3 is 17.9 Å². The smallest absolute Gasteiger partial charge is 0.330 e. The van der Waals surface area contributed by atoms with Crippen LogP contribution in [-0.4, -0.2) is 55.4 Å². The maximum Gasteiger partial charge on any atom is 0.330 e. The van der Waals surface area contributed by atoms with E-state index < -0.39 is 58.0 Å². The van der Waals surface area contributed by atoms with E-state index in [9.17, 15) is 22.8 Å². The van der Waals surface area contributed by atoms with Crippen LogP contribution in [-0.2, 0) is 38.7 Å². The van der Waals surface area contributed by atoms with Crippen LogP contribution in [0.3, 0.4) is 0 Å². The summed E-state index contributed by atoms with van der Waals surface area (Å²) < 4.78 is 45.4. The van der Waals surface area contributed by atoms with Gasteiger partial charge in [-0.1, -0.05) is 20.1 Å². The molecule has 0 aliphatic carbocycles. The van der Waals surface area contributed by atoms with Crippen LogP contribution < -0.4 is 0 Å². The van der Waals surface area contributed by atoms with E-state index in [1.54, 1.807) is 6.92 Å². The van der Waals surface area contributed by atoms with Crippen LogP contribution in [0.4, 0.5) is 0 Å². The number of ether oxygens (including phenoxy) is 3. The van der Waals surface area contributed by atoms with Gasteiger partial charge in [-0.2, -0.15) is 8.42 Å². The van der Waals surface area contributed by atoms with Crippen LogP contribution in [0.1, 0.15) is 27.2 Å². The van der Waals surface area contributed by atoms with Gasteiger partial charge in [-0.15, -0.1) is 0 Å². The molecule has 0 aromatic heterocycles. The summed E-state index contributed by atoms with van der Waals surface area (Å²) >= 11 is 0. The molecule has 2 atom stereocenters. The van der Waals surface area contributed by atoms with Crippen molar-refractivity contribution < 1.29 is 41.6 Å². The van der Waals surface area contributed by atoms with Crippen molar-refractivity contribution in [2.75, 3.05) is 12.4 Å². The van der Waals surface area contributed by atoms with Crippen molar-refractivity contribution in [2.24, 2.45) is 5.41 Å². The number of hydrogen-bond acceptors (Lipinski definition) is 8. The third-order valence-corrected chi connectivity index (χ3v) is 4.59. The molecule has 0 aromatic rings. The third-order valence-electron chi connectivity index (χ3n) is 3.91. The van der Waals surface area contributed by atoms with Crippen LogP contribution in [0.15, 0.2) is 25.3 Å². The molecule has 0 aliphatic heterocycles. The van der Waals surface area contributed by atoms with Crippen LogP contribution in [0.25, 0.3) is 0 Å². The van der Waals surface area contributed by atoms with Crippen LogP contribution in [0.2, 0.25) is 0 Å². The molecule has 0 radical (unpaired) electrons. The minimum atomic E-state index is -4.33. The Kier molecular flexibility index (Phi) is 9.22. The van der Waals surface area contributed by atoms with Crippen LogP contribution >= 0.6 is 0 Å². The Morgan fingerprint density at radius 2 is 1.50 bits per heavy atom. The zero-order chi connectivity index (χ0) is 20.5. The Morgan fingerprint density at radius 3 is 1.81 bits per heavy atom. The largest absolute Gasteiger partial charge is 0.464 e. The van der Waals surface area contributed by atoms with Gasteiger partial charge in [0.05, 0.1) is 0 Å². The van der Waals surface area contributed by atoms with Gasteiger partial charge in [0.1, 0.15) is 30.0 Å². The molecule has 9 nitrogen and oxygen atoms in total. The van der Waals surface area contributed by atoms with Gasteiger partial charge in [0.15, 0.2) is 0 Å². The van der Waals surface area contributed by atoms with Gasteiger partial charge in [0.25, 0.3) is 10.1 Å². The fourth-order valence-electron chi connectivity index (χ4n) is 2.41. The summed E-state index contributed by atoms with van der Waals surface area (Å²) in [6.45, 7) is 10.3. The fourth-order valence-corrected chi connectivity index (χ4v) is 2.70. The molecule has 0 saturated heterocycles. The fraction of sp³-hybridized carbons (Fsp3) is 0.562. The second-order valence-electron chi connectivity index (χ2n) is 5.38. The Balaban J connectivity index is 5.68. The molecular weight excluding hydrogens is 368 g/mol. The molecule has 0 aliphatic rings. The van der Waals surface area contributed by atoms with Gasteiger partial charge in [-0.3, -0.25) is 9.35 Å². The molecule has 0 bridgehead atoms. The quantitative estimate of drug-likeness (QED) is 0.237. The molecule has 0 rings (SSSR count). The van der Waals surface area contributed by atoms with Crippen molar-refractivity contribution in [3.63, 3.8) is 0 Å². The molecule has 0 aromatic carbocycles. The van der Waals surface area contributed by atoms with E-state index in [1.165, 1.54) is 13.8 Å². The molecule has 0 heterocycles. The molecule has 10 heteroatoms. The second kappa shape index (κ2) is 10.1. The van der Waals surface area contributed by atoms with Gasteiger partial charge in [0.2, 0.25) is 0 Å². The first-order valence-corrected chi connectivity index (χ1v) is 9.34. The molecule has 0 fully saturated rings. The van der Waals surface area contributed by atoms with E-state index in [0.717, 1.165) is 12.2 Å². The summed E-state index contributed by atoms with van der Waals surface area (Å²) in [5, 5.41) is 0. The number of hydrogen-bond donors (Lipinski definition) is 1. The summed E-state index contributed by atoms with van der Waals surface area (Å²) in [7, 11) is -4.33. The molecule has 148 valence electrons. The minimum absolute atomic E-state index is 0.0366. The Bertz CT molecular complexity index is 623. The van der Waals surface area contributed by atoms with Crippen molar-refractivity contribution in [1.82, 2.24) is 0 Å².